The van der Waals surface area contributed by atoms with Crippen LogP contribution in [0.3, 0.4) is 0 Å². The molecule has 3 rings (SSSR count). The predicted molar refractivity (Wildman–Crippen MR) is 77.2 cm³/mol. The molecule has 0 atom stereocenters. The molecule has 1 aliphatic rings. The smallest absolute Gasteiger partial charge is 0.325 e. The Morgan fingerprint density at radius 1 is 1.43 bits per heavy atom. The Morgan fingerprint density at radius 3 is 3.00 bits per heavy atom. The first-order valence-electron chi connectivity index (χ1n) is 6.52. The molecule has 0 saturated carbocycles. The number of hydrogen-bond acceptors (Lipinski definition) is 6. The van der Waals surface area contributed by atoms with E-state index in [-0.39, 0.29) is 24.1 Å². The number of carboxylic acid groups (broad SMARTS) is 1. The molecule has 0 unspecified atom stereocenters. The second-order valence-electron chi connectivity index (χ2n) is 4.59. The van der Waals surface area contributed by atoms with Crippen molar-refractivity contribution in [2.24, 2.45) is 0 Å². The maximum atomic E-state index is 13.1. The van der Waals surface area contributed by atoms with Crippen molar-refractivity contribution in [2.75, 3.05) is 17.3 Å². The van der Waals surface area contributed by atoms with E-state index < -0.39 is 18.3 Å². The molecule has 0 radical (unpaired) electrons. The summed E-state index contributed by atoms with van der Waals surface area (Å²) in [4.78, 5) is 22.9. The van der Waals surface area contributed by atoms with Crippen molar-refractivity contribution in [3.63, 3.8) is 0 Å². The molecule has 1 amide bonds. The van der Waals surface area contributed by atoms with Crippen LogP contribution in [0.5, 0.6) is 5.75 Å². The second-order valence-corrected chi connectivity index (χ2v) is 5.53. The Balaban J connectivity index is 1.83. The zero-order chi connectivity index (χ0) is 16.4. The predicted octanol–water partition coefficient (Wildman–Crippen LogP) is 0.651. The summed E-state index contributed by atoms with van der Waals surface area (Å²) in [5.41, 5.74) is 0. The molecule has 8 nitrogen and oxygen atoms in total. The SMILES string of the molecule is O=C(O)CN1C(=O)CSc2nnc(COc3cccc(F)c3)n21. The number of amides is 1. The van der Waals surface area contributed by atoms with Gasteiger partial charge in [0, 0.05) is 6.07 Å². The third-order valence-corrected chi connectivity index (χ3v) is 3.88. The van der Waals surface area contributed by atoms with Gasteiger partial charge in [0.25, 0.3) is 5.91 Å². The van der Waals surface area contributed by atoms with Gasteiger partial charge < -0.3 is 9.84 Å². The number of nitrogens with zero attached hydrogens (tertiary/aromatic N) is 4. The molecule has 0 saturated heterocycles. The van der Waals surface area contributed by atoms with Gasteiger partial charge in [0.05, 0.1) is 5.75 Å². The van der Waals surface area contributed by atoms with E-state index in [9.17, 15) is 14.0 Å². The summed E-state index contributed by atoms with van der Waals surface area (Å²) in [6, 6.07) is 5.57. The van der Waals surface area contributed by atoms with Crippen LogP contribution in [0.25, 0.3) is 0 Å². The fourth-order valence-electron chi connectivity index (χ4n) is 2.02. The van der Waals surface area contributed by atoms with Crippen molar-refractivity contribution < 1.29 is 23.8 Å². The van der Waals surface area contributed by atoms with Gasteiger partial charge in [0.15, 0.2) is 5.82 Å². The highest BCUT2D eigenvalue weighted by molar-refractivity contribution is 7.99. The van der Waals surface area contributed by atoms with Gasteiger partial charge >= 0.3 is 5.97 Å². The number of benzene rings is 1. The lowest BCUT2D eigenvalue weighted by Gasteiger charge is -2.27. The highest BCUT2D eigenvalue weighted by atomic mass is 32.2. The number of carbonyl (C=O) groups excluding carboxylic acids is 1. The largest absolute Gasteiger partial charge is 0.485 e. The van der Waals surface area contributed by atoms with Crippen LogP contribution in [0.2, 0.25) is 0 Å². The van der Waals surface area contributed by atoms with Gasteiger partial charge in [-0.15, -0.1) is 10.2 Å². The zero-order valence-corrected chi connectivity index (χ0v) is 12.5. The molecule has 1 aliphatic heterocycles. The lowest BCUT2D eigenvalue weighted by atomic mass is 10.3. The number of aliphatic carboxylic acids is 1. The minimum Gasteiger partial charge on any atom is -0.485 e. The molecular weight excluding hydrogens is 327 g/mol. The summed E-state index contributed by atoms with van der Waals surface area (Å²) >= 11 is 1.16. The van der Waals surface area contributed by atoms with Crippen molar-refractivity contribution in [3.05, 3.63) is 35.9 Å². The van der Waals surface area contributed by atoms with Gasteiger partial charge in [-0.2, -0.15) is 0 Å². The van der Waals surface area contributed by atoms with E-state index in [1.165, 1.54) is 22.9 Å². The lowest BCUT2D eigenvalue weighted by molar-refractivity contribution is -0.137. The van der Waals surface area contributed by atoms with Gasteiger partial charge in [-0.3, -0.25) is 9.59 Å². The topological polar surface area (TPSA) is 97.6 Å². The fourth-order valence-corrected chi connectivity index (χ4v) is 2.85. The fraction of sp³-hybridized carbons (Fsp3) is 0.231. The van der Waals surface area contributed by atoms with Crippen LogP contribution in [0.15, 0.2) is 29.4 Å². The molecule has 1 aromatic heterocycles. The van der Waals surface area contributed by atoms with E-state index in [2.05, 4.69) is 10.2 Å². The first-order chi connectivity index (χ1) is 11.0. The standard InChI is InChI=1S/C13H11FN4O4S/c14-8-2-1-3-9(4-8)22-6-10-15-16-13-18(10)17(5-12(20)21)11(19)7-23-13/h1-4H,5-7H2,(H,20,21). The van der Waals surface area contributed by atoms with Crippen molar-refractivity contribution in [1.29, 1.82) is 0 Å². The van der Waals surface area contributed by atoms with E-state index in [0.29, 0.717) is 10.9 Å². The maximum Gasteiger partial charge on any atom is 0.325 e. The van der Waals surface area contributed by atoms with Crippen LogP contribution in [0, 0.1) is 5.82 Å². The molecule has 23 heavy (non-hydrogen) atoms. The second kappa shape index (κ2) is 6.24. The molecule has 1 N–H and O–H groups in total. The Labute approximate surface area is 133 Å². The molecule has 1 aromatic carbocycles. The third-order valence-electron chi connectivity index (χ3n) is 2.98. The summed E-state index contributed by atoms with van der Waals surface area (Å²) in [6.07, 6.45) is 0. The first-order valence-corrected chi connectivity index (χ1v) is 7.51. The number of thioether (sulfide) groups is 1. The number of rotatable bonds is 5. The number of ether oxygens (including phenoxy) is 1. The molecular formula is C13H11FN4O4S. The molecule has 0 bridgehead atoms. The Kier molecular flexibility index (Phi) is 4.15. The molecule has 0 aliphatic carbocycles. The van der Waals surface area contributed by atoms with Crippen LogP contribution >= 0.6 is 11.8 Å². The molecule has 0 fully saturated rings. The van der Waals surface area contributed by atoms with Gasteiger partial charge in [0.1, 0.15) is 24.7 Å². The number of carbonyl (C=O) groups is 2. The van der Waals surface area contributed by atoms with Crippen LogP contribution in [0.1, 0.15) is 5.82 Å². The maximum absolute atomic E-state index is 13.1. The van der Waals surface area contributed by atoms with Gasteiger partial charge in [0.2, 0.25) is 5.16 Å². The summed E-state index contributed by atoms with van der Waals surface area (Å²) in [5.74, 6) is -1.31. The van der Waals surface area contributed by atoms with E-state index in [4.69, 9.17) is 9.84 Å². The quantitative estimate of drug-likeness (QED) is 0.855. The average Bonchev–Trinajstić information content (AvgIpc) is 2.91. The van der Waals surface area contributed by atoms with Gasteiger partial charge in [-0.25, -0.2) is 14.1 Å². The normalized spacial score (nSPS) is 13.8. The van der Waals surface area contributed by atoms with Crippen molar-refractivity contribution in [2.45, 2.75) is 11.8 Å². The third kappa shape index (κ3) is 3.26. The monoisotopic (exact) mass is 338 g/mol. The molecule has 120 valence electrons. The van der Waals surface area contributed by atoms with Gasteiger partial charge in [-0.05, 0) is 12.1 Å². The number of hydrogen-bond donors (Lipinski definition) is 1. The van der Waals surface area contributed by atoms with Crippen molar-refractivity contribution >= 4 is 23.6 Å². The number of aromatic nitrogens is 3. The van der Waals surface area contributed by atoms with E-state index in [0.717, 1.165) is 16.8 Å². The zero-order valence-electron chi connectivity index (χ0n) is 11.7. The minimum atomic E-state index is -1.15. The number of halogens is 1. The first kappa shape index (κ1) is 15.3. The summed E-state index contributed by atoms with van der Waals surface area (Å²) in [7, 11) is 0. The Bertz CT molecular complexity index is 766. The highest BCUT2D eigenvalue weighted by Crippen LogP contribution is 2.23. The van der Waals surface area contributed by atoms with E-state index in [1.807, 2.05) is 0 Å². The van der Waals surface area contributed by atoms with E-state index >= 15 is 0 Å². The van der Waals surface area contributed by atoms with Crippen molar-refractivity contribution in [1.82, 2.24) is 14.9 Å². The van der Waals surface area contributed by atoms with E-state index in [1.54, 1.807) is 6.07 Å². The van der Waals surface area contributed by atoms with Gasteiger partial charge in [-0.1, -0.05) is 17.8 Å². The summed E-state index contributed by atoms with van der Waals surface area (Å²) in [6.45, 7) is -0.586. The van der Waals surface area contributed by atoms with Crippen LogP contribution in [-0.4, -0.2) is 44.2 Å². The molecule has 10 heteroatoms. The molecule has 0 spiro atoms. The highest BCUT2D eigenvalue weighted by Gasteiger charge is 2.30. The summed E-state index contributed by atoms with van der Waals surface area (Å²) < 4.78 is 19.9. The average molecular weight is 338 g/mol. The Hall–Kier alpha value is -2.62. The molecule has 2 heterocycles. The summed E-state index contributed by atoms with van der Waals surface area (Å²) in [5, 5.41) is 18.2. The van der Waals surface area contributed by atoms with Crippen molar-refractivity contribution in [3.8, 4) is 5.75 Å². The number of fused-ring (bicyclic) bond motifs is 1. The lowest BCUT2D eigenvalue weighted by Crippen LogP contribution is -2.48. The minimum absolute atomic E-state index is 0.0829. The van der Waals surface area contributed by atoms with Crippen LogP contribution in [0.4, 0.5) is 4.39 Å². The van der Waals surface area contributed by atoms with Crippen LogP contribution in [-0.2, 0) is 16.2 Å². The molecule has 2 aromatic rings. The number of carboxylic acids is 1. The van der Waals surface area contributed by atoms with Crippen LogP contribution < -0.4 is 9.75 Å². The Morgan fingerprint density at radius 2 is 2.26 bits per heavy atom.